The molecule has 0 spiro atoms. The van der Waals surface area contributed by atoms with Gasteiger partial charge in [-0.25, -0.2) is 9.97 Å². The van der Waals surface area contributed by atoms with E-state index in [1.165, 1.54) is 0 Å². The fourth-order valence-corrected chi connectivity index (χ4v) is 2.57. The van der Waals surface area contributed by atoms with Crippen molar-refractivity contribution in [2.75, 3.05) is 41.7 Å². The molecule has 7 heteroatoms. The summed E-state index contributed by atoms with van der Waals surface area (Å²) in [5, 5.41) is 0.657. The van der Waals surface area contributed by atoms with E-state index in [4.69, 9.17) is 17.3 Å². The van der Waals surface area contributed by atoms with E-state index in [2.05, 4.69) is 24.8 Å². The summed E-state index contributed by atoms with van der Waals surface area (Å²) in [6.45, 7) is 5.45. The lowest BCUT2D eigenvalue weighted by atomic mass is 10.3. The highest BCUT2D eigenvalue weighted by Gasteiger charge is 2.19. The van der Waals surface area contributed by atoms with Crippen molar-refractivity contribution in [3.63, 3.8) is 0 Å². The Kier molecular flexibility index (Phi) is 3.79. The predicted octanol–water partition coefficient (Wildman–Crippen LogP) is 1.74. The molecule has 0 saturated carbocycles. The van der Waals surface area contributed by atoms with Gasteiger partial charge in [0.15, 0.2) is 0 Å². The zero-order valence-corrected chi connectivity index (χ0v) is 12.6. The van der Waals surface area contributed by atoms with Crippen LogP contribution in [0.5, 0.6) is 0 Å². The van der Waals surface area contributed by atoms with Gasteiger partial charge in [0.25, 0.3) is 0 Å². The molecular formula is C14H17ClN6. The van der Waals surface area contributed by atoms with Gasteiger partial charge in [-0.3, -0.25) is 0 Å². The van der Waals surface area contributed by atoms with Crippen LogP contribution in [0.1, 0.15) is 5.69 Å². The van der Waals surface area contributed by atoms with Gasteiger partial charge in [-0.05, 0) is 19.1 Å². The van der Waals surface area contributed by atoms with Crippen molar-refractivity contribution in [3.05, 3.63) is 35.1 Å². The molecule has 0 aromatic carbocycles. The molecule has 2 N–H and O–H groups in total. The molecule has 1 aliphatic heterocycles. The Morgan fingerprint density at radius 3 is 2.29 bits per heavy atom. The van der Waals surface area contributed by atoms with Crippen molar-refractivity contribution in [3.8, 4) is 0 Å². The minimum absolute atomic E-state index is 0.326. The number of aryl methyl sites for hydroxylation is 1. The summed E-state index contributed by atoms with van der Waals surface area (Å²) >= 11 is 5.87. The number of halogens is 1. The number of nitrogens with zero attached hydrogens (tertiary/aromatic N) is 5. The van der Waals surface area contributed by atoms with E-state index >= 15 is 0 Å². The lowest BCUT2D eigenvalue weighted by Crippen LogP contribution is -2.47. The number of aromatic nitrogens is 3. The first-order chi connectivity index (χ1) is 10.1. The smallest absolute Gasteiger partial charge is 0.222 e. The molecule has 0 atom stereocenters. The monoisotopic (exact) mass is 304 g/mol. The van der Waals surface area contributed by atoms with Gasteiger partial charge in [0.05, 0.1) is 5.02 Å². The van der Waals surface area contributed by atoms with E-state index in [1.54, 1.807) is 6.20 Å². The Bertz CT molecular complexity index is 602. The van der Waals surface area contributed by atoms with E-state index in [1.807, 2.05) is 25.1 Å². The predicted molar refractivity (Wildman–Crippen MR) is 84.9 cm³/mol. The SMILES string of the molecule is Cc1cc(N2CCN(c3ccc(Cl)cn3)CC2)nc(N)n1. The van der Waals surface area contributed by atoms with Gasteiger partial charge in [-0.1, -0.05) is 11.6 Å². The molecule has 2 aromatic rings. The lowest BCUT2D eigenvalue weighted by Gasteiger charge is -2.36. The van der Waals surface area contributed by atoms with Gasteiger partial charge in [0.2, 0.25) is 5.95 Å². The van der Waals surface area contributed by atoms with Crippen LogP contribution in [0.25, 0.3) is 0 Å². The topological polar surface area (TPSA) is 71.2 Å². The molecule has 110 valence electrons. The molecule has 0 aliphatic carbocycles. The summed E-state index contributed by atoms with van der Waals surface area (Å²) in [4.78, 5) is 17.2. The van der Waals surface area contributed by atoms with Crippen molar-refractivity contribution in [2.45, 2.75) is 6.92 Å². The second-order valence-corrected chi connectivity index (χ2v) is 5.47. The fraction of sp³-hybridized carbons (Fsp3) is 0.357. The highest BCUT2D eigenvalue weighted by molar-refractivity contribution is 6.30. The molecule has 1 saturated heterocycles. The third-order valence-electron chi connectivity index (χ3n) is 3.50. The van der Waals surface area contributed by atoms with E-state index in [0.29, 0.717) is 11.0 Å². The number of pyridine rings is 1. The average molecular weight is 305 g/mol. The molecule has 3 heterocycles. The normalized spacial score (nSPS) is 15.3. The number of piperazine rings is 1. The second-order valence-electron chi connectivity index (χ2n) is 5.03. The van der Waals surface area contributed by atoms with Crippen LogP contribution in [-0.2, 0) is 0 Å². The Labute approximate surface area is 128 Å². The van der Waals surface area contributed by atoms with E-state index in [-0.39, 0.29) is 0 Å². The molecule has 0 bridgehead atoms. The molecule has 3 rings (SSSR count). The maximum Gasteiger partial charge on any atom is 0.222 e. The molecule has 1 aliphatic rings. The third kappa shape index (κ3) is 3.16. The van der Waals surface area contributed by atoms with Crippen LogP contribution in [0, 0.1) is 6.92 Å². The van der Waals surface area contributed by atoms with Crippen LogP contribution >= 0.6 is 11.6 Å². The molecule has 21 heavy (non-hydrogen) atoms. The first kappa shape index (κ1) is 13.9. The van der Waals surface area contributed by atoms with Crippen molar-refractivity contribution in [2.24, 2.45) is 0 Å². The first-order valence-corrected chi connectivity index (χ1v) is 7.22. The van der Waals surface area contributed by atoms with Crippen molar-refractivity contribution in [1.29, 1.82) is 0 Å². The summed E-state index contributed by atoms with van der Waals surface area (Å²) < 4.78 is 0. The number of hydrogen-bond acceptors (Lipinski definition) is 6. The maximum atomic E-state index is 5.87. The number of hydrogen-bond donors (Lipinski definition) is 1. The quantitative estimate of drug-likeness (QED) is 0.911. The van der Waals surface area contributed by atoms with E-state index < -0.39 is 0 Å². The largest absolute Gasteiger partial charge is 0.368 e. The third-order valence-corrected chi connectivity index (χ3v) is 3.72. The Hall–Kier alpha value is -2.08. The molecular weight excluding hydrogens is 288 g/mol. The molecule has 6 nitrogen and oxygen atoms in total. The number of nitrogen functional groups attached to an aromatic ring is 1. The van der Waals surface area contributed by atoms with Gasteiger partial charge in [-0.2, -0.15) is 4.98 Å². The molecule has 0 unspecified atom stereocenters. The van der Waals surface area contributed by atoms with Gasteiger partial charge < -0.3 is 15.5 Å². The Morgan fingerprint density at radius 1 is 1.05 bits per heavy atom. The van der Waals surface area contributed by atoms with Crippen LogP contribution in [0.3, 0.4) is 0 Å². The maximum absolute atomic E-state index is 5.87. The minimum Gasteiger partial charge on any atom is -0.368 e. The Morgan fingerprint density at radius 2 is 1.71 bits per heavy atom. The van der Waals surface area contributed by atoms with Gasteiger partial charge in [0, 0.05) is 44.1 Å². The van der Waals surface area contributed by atoms with Crippen molar-refractivity contribution < 1.29 is 0 Å². The molecule has 1 fully saturated rings. The fourth-order valence-electron chi connectivity index (χ4n) is 2.46. The van der Waals surface area contributed by atoms with Crippen LogP contribution in [0.2, 0.25) is 5.02 Å². The highest BCUT2D eigenvalue weighted by atomic mass is 35.5. The van der Waals surface area contributed by atoms with E-state index in [9.17, 15) is 0 Å². The van der Waals surface area contributed by atoms with Gasteiger partial charge in [0.1, 0.15) is 11.6 Å². The van der Waals surface area contributed by atoms with Crippen molar-refractivity contribution in [1.82, 2.24) is 15.0 Å². The van der Waals surface area contributed by atoms with E-state index in [0.717, 1.165) is 43.5 Å². The highest BCUT2D eigenvalue weighted by Crippen LogP contribution is 2.19. The zero-order valence-electron chi connectivity index (χ0n) is 11.8. The molecule has 0 amide bonds. The lowest BCUT2D eigenvalue weighted by molar-refractivity contribution is 0.641. The van der Waals surface area contributed by atoms with Crippen LogP contribution in [-0.4, -0.2) is 41.1 Å². The average Bonchev–Trinajstić information content (AvgIpc) is 2.47. The summed E-state index contributed by atoms with van der Waals surface area (Å²) in [5.41, 5.74) is 6.61. The summed E-state index contributed by atoms with van der Waals surface area (Å²) in [7, 11) is 0. The van der Waals surface area contributed by atoms with Crippen LogP contribution in [0.15, 0.2) is 24.4 Å². The molecule has 2 aromatic heterocycles. The van der Waals surface area contributed by atoms with Crippen molar-refractivity contribution >= 4 is 29.2 Å². The number of nitrogens with two attached hydrogens (primary N) is 1. The zero-order chi connectivity index (χ0) is 14.8. The second kappa shape index (κ2) is 5.73. The number of anilines is 3. The standard InChI is InChI=1S/C14H17ClN6/c1-10-8-13(19-14(16)18-10)21-6-4-20(5-7-21)12-3-2-11(15)9-17-12/h2-3,8-9H,4-7H2,1H3,(H2,16,18,19). The molecule has 0 radical (unpaired) electrons. The van der Waals surface area contributed by atoms with Crippen LogP contribution in [0.4, 0.5) is 17.6 Å². The minimum atomic E-state index is 0.326. The first-order valence-electron chi connectivity index (χ1n) is 6.84. The number of rotatable bonds is 2. The summed E-state index contributed by atoms with van der Waals surface area (Å²) in [6.07, 6.45) is 1.68. The summed E-state index contributed by atoms with van der Waals surface area (Å²) in [6, 6.07) is 5.78. The summed E-state index contributed by atoms with van der Waals surface area (Å²) in [5.74, 6) is 2.17. The van der Waals surface area contributed by atoms with Gasteiger partial charge in [-0.15, -0.1) is 0 Å². The Balaban J connectivity index is 1.68. The van der Waals surface area contributed by atoms with Gasteiger partial charge >= 0.3 is 0 Å². The van der Waals surface area contributed by atoms with Crippen LogP contribution < -0.4 is 15.5 Å².